The van der Waals surface area contributed by atoms with E-state index in [0.29, 0.717) is 6.04 Å². The molecule has 1 aliphatic carbocycles. The first-order chi connectivity index (χ1) is 9.85. The number of hydrogen-bond donors (Lipinski definition) is 1. The molecule has 0 saturated heterocycles. The van der Waals surface area contributed by atoms with E-state index in [4.69, 9.17) is 4.74 Å². The molecule has 1 fully saturated rings. The van der Waals surface area contributed by atoms with E-state index in [1.807, 2.05) is 0 Å². The summed E-state index contributed by atoms with van der Waals surface area (Å²) in [5.41, 5.74) is 1.38. The Labute approximate surface area is 123 Å². The summed E-state index contributed by atoms with van der Waals surface area (Å²) >= 11 is 0. The lowest BCUT2D eigenvalue weighted by Gasteiger charge is -2.26. The topological polar surface area (TPSA) is 21.3 Å². The molecule has 1 aromatic carbocycles. The Balaban J connectivity index is 2.09. The smallest absolute Gasteiger partial charge is 0.119 e. The third-order valence-electron chi connectivity index (χ3n) is 4.37. The van der Waals surface area contributed by atoms with Crippen LogP contribution in [0.3, 0.4) is 0 Å². The Hall–Kier alpha value is -1.02. The van der Waals surface area contributed by atoms with Crippen LogP contribution in [0, 0.1) is 5.92 Å². The summed E-state index contributed by atoms with van der Waals surface area (Å²) in [6, 6.07) is 9.13. The molecule has 2 rings (SSSR count). The number of rotatable bonds is 6. The third-order valence-corrected chi connectivity index (χ3v) is 4.37. The van der Waals surface area contributed by atoms with E-state index in [2.05, 4.69) is 43.6 Å². The van der Waals surface area contributed by atoms with Crippen molar-refractivity contribution in [2.75, 3.05) is 13.7 Å². The van der Waals surface area contributed by atoms with Crippen molar-refractivity contribution in [3.63, 3.8) is 0 Å². The van der Waals surface area contributed by atoms with Crippen molar-refractivity contribution in [2.45, 2.75) is 57.9 Å². The molecule has 0 aromatic heterocycles. The van der Waals surface area contributed by atoms with Crippen molar-refractivity contribution in [2.24, 2.45) is 5.92 Å². The van der Waals surface area contributed by atoms with Crippen molar-refractivity contribution < 1.29 is 4.74 Å². The summed E-state index contributed by atoms with van der Waals surface area (Å²) in [6.45, 7) is 2.95. The molecular formula is C18H29NO. The largest absolute Gasteiger partial charge is 0.494 e. The summed E-state index contributed by atoms with van der Waals surface area (Å²) in [7, 11) is 2.09. The Morgan fingerprint density at radius 1 is 1.20 bits per heavy atom. The highest BCUT2D eigenvalue weighted by atomic mass is 16.5. The fraction of sp³-hybridized carbons (Fsp3) is 0.667. The van der Waals surface area contributed by atoms with Gasteiger partial charge in [0.2, 0.25) is 0 Å². The van der Waals surface area contributed by atoms with Crippen LogP contribution in [0.2, 0.25) is 0 Å². The minimum Gasteiger partial charge on any atom is -0.494 e. The minimum atomic E-state index is 0.471. The van der Waals surface area contributed by atoms with Crippen LogP contribution < -0.4 is 10.1 Å². The van der Waals surface area contributed by atoms with Gasteiger partial charge in [-0.3, -0.25) is 0 Å². The maximum Gasteiger partial charge on any atom is 0.119 e. The zero-order valence-corrected chi connectivity index (χ0v) is 13.0. The highest BCUT2D eigenvalue weighted by molar-refractivity contribution is 5.31. The van der Waals surface area contributed by atoms with Crippen molar-refractivity contribution in [3.05, 3.63) is 29.8 Å². The van der Waals surface area contributed by atoms with E-state index in [0.717, 1.165) is 24.7 Å². The SMILES string of the molecule is CCCOc1cccc(C(NC)C2CCCCCC2)c1. The number of ether oxygens (including phenoxy) is 1. The van der Waals surface area contributed by atoms with Gasteiger partial charge in [0.15, 0.2) is 0 Å². The standard InChI is InChI=1S/C18H29NO/c1-3-13-20-17-12-8-11-16(14-17)18(19-2)15-9-6-4-5-7-10-15/h8,11-12,14-15,18-19H,3-7,9-10,13H2,1-2H3. The van der Waals surface area contributed by atoms with E-state index >= 15 is 0 Å². The van der Waals surface area contributed by atoms with Gasteiger partial charge in [-0.15, -0.1) is 0 Å². The number of nitrogens with one attached hydrogen (secondary N) is 1. The summed E-state index contributed by atoms with van der Waals surface area (Å²) in [5.74, 6) is 1.78. The molecule has 2 nitrogen and oxygen atoms in total. The van der Waals surface area contributed by atoms with E-state index < -0.39 is 0 Å². The van der Waals surface area contributed by atoms with Crippen molar-refractivity contribution in [1.29, 1.82) is 0 Å². The van der Waals surface area contributed by atoms with Crippen molar-refractivity contribution in [3.8, 4) is 5.75 Å². The van der Waals surface area contributed by atoms with Gasteiger partial charge in [0.05, 0.1) is 6.61 Å². The molecule has 1 aromatic rings. The molecular weight excluding hydrogens is 246 g/mol. The maximum atomic E-state index is 5.77. The van der Waals surface area contributed by atoms with Crippen LogP contribution in [0.1, 0.15) is 63.5 Å². The monoisotopic (exact) mass is 275 g/mol. The first-order valence-corrected chi connectivity index (χ1v) is 8.25. The second-order valence-electron chi connectivity index (χ2n) is 5.94. The van der Waals surface area contributed by atoms with Gasteiger partial charge >= 0.3 is 0 Å². The van der Waals surface area contributed by atoms with E-state index in [9.17, 15) is 0 Å². The highest BCUT2D eigenvalue weighted by Gasteiger charge is 2.23. The quantitative estimate of drug-likeness (QED) is 0.759. The summed E-state index contributed by atoms with van der Waals surface area (Å²) < 4.78 is 5.77. The normalized spacial score (nSPS) is 18.5. The fourth-order valence-corrected chi connectivity index (χ4v) is 3.34. The summed E-state index contributed by atoms with van der Waals surface area (Å²) in [5, 5.41) is 3.54. The molecule has 0 radical (unpaired) electrons. The van der Waals surface area contributed by atoms with E-state index in [1.54, 1.807) is 0 Å². The lowest BCUT2D eigenvalue weighted by atomic mass is 9.87. The van der Waals surface area contributed by atoms with Crippen LogP contribution in [-0.2, 0) is 0 Å². The zero-order chi connectivity index (χ0) is 14.2. The number of benzene rings is 1. The molecule has 1 saturated carbocycles. The van der Waals surface area contributed by atoms with Crippen molar-refractivity contribution in [1.82, 2.24) is 5.32 Å². The maximum absolute atomic E-state index is 5.77. The molecule has 112 valence electrons. The van der Waals surface area contributed by atoms with Gasteiger partial charge in [-0.1, -0.05) is 44.7 Å². The average molecular weight is 275 g/mol. The Bertz CT molecular complexity index is 383. The third kappa shape index (κ3) is 4.24. The summed E-state index contributed by atoms with van der Waals surface area (Å²) in [6.07, 6.45) is 9.35. The molecule has 0 heterocycles. The minimum absolute atomic E-state index is 0.471. The van der Waals surface area contributed by atoms with E-state index in [-0.39, 0.29) is 0 Å². The second-order valence-corrected chi connectivity index (χ2v) is 5.94. The predicted molar refractivity (Wildman–Crippen MR) is 85.2 cm³/mol. The average Bonchev–Trinajstić information content (AvgIpc) is 2.76. The first kappa shape index (κ1) is 15.4. The Morgan fingerprint density at radius 3 is 2.60 bits per heavy atom. The lowest BCUT2D eigenvalue weighted by Crippen LogP contribution is -2.25. The molecule has 1 N–H and O–H groups in total. The van der Waals surface area contributed by atoms with Crippen molar-refractivity contribution >= 4 is 0 Å². The zero-order valence-electron chi connectivity index (χ0n) is 13.0. The fourth-order valence-electron chi connectivity index (χ4n) is 3.34. The van der Waals surface area contributed by atoms with Gasteiger partial charge in [-0.25, -0.2) is 0 Å². The Morgan fingerprint density at radius 2 is 1.95 bits per heavy atom. The highest BCUT2D eigenvalue weighted by Crippen LogP contribution is 2.34. The molecule has 2 heteroatoms. The van der Waals surface area contributed by atoms with Gasteiger partial charge in [-0.05, 0) is 49.9 Å². The van der Waals surface area contributed by atoms with Crippen LogP contribution in [0.4, 0.5) is 0 Å². The molecule has 1 unspecified atom stereocenters. The van der Waals surface area contributed by atoms with Gasteiger partial charge in [0.1, 0.15) is 5.75 Å². The number of hydrogen-bond acceptors (Lipinski definition) is 2. The van der Waals surface area contributed by atoms with E-state index in [1.165, 1.54) is 44.1 Å². The van der Waals surface area contributed by atoms with Crippen LogP contribution >= 0.6 is 0 Å². The van der Waals surface area contributed by atoms with Crippen LogP contribution in [0.5, 0.6) is 5.75 Å². The van der Waals surface area contributed by atoms with Gasteiger partial charge in [0.25, 0.3) is 0 Å². The second kappa shape index (κ2) is 8.31. The van der Waals surface area contributed by atoms with Gasteiger partial charge < -0.3 is 10.1 Å². The molecule has 0 amide bonds. The van der Waals surface area contributed by atoms with Crippen LogP contribution in [0.15, 0.2) is 24.3 Å². The van der Waals surface area contributed by atoms with Crippen LogP contribution in [-0.4, -0.2) is 13.7 Å². The van der Waals surface area contributed by atoms with Gasteiger partial charge in [-0.2, -0.15) is 0 Å². The Kier molecular flexibility index (Phi) is 6.38. The molecule has 0 bridgehead atoms. The first-order valence-electron chi connectivity index (χ1n) is 8.25. The predicted octanol–water partition coefficient (Wildman–Crippen LogP) is 4.71. The summed E-state index contributed by atoms with van der Waals surface area (Å²) in [4.78, 5) is 0. The molecule has 1 atom stereocenters. The molecule has 20 heavy (non-hydrogen) atoms. The molecule has 0 spiro atoms. The molecule has 0 aliphatic heterocycles. The lowest BCUT2D eigenvalue weighted by molar-refractivity contribution is 0.313. The van der Waals surface area contributed by atoms with Gasteiger partial charge in [0, 0.05) is 6.04 Å². The van der Waals surface area contributed by atoms with Crippen LogP contribution in [0.25, 0.3) is 0 Å². The molecule has 1 aliphatic rings.